The number of aromatic nitrogens is 2. The van der Waals surface area contributed by atoms with Crippen LogP contribution in [0.1, 0.15) is 36.8 Å². The maximum absolute atomic E-state index is 12.9. The average Bonchev–Trinajstić information content (AvgIpc) is 3.38. The normalized spacial score (nSPS) is 24.4. The number of methoxy groups -OCH3 is 1. The lowest BCUT2D eigenvalue weighted by Crippen LogP contribution is -2.49. The molecule has 176 valence electrons. The molecule has 1 spiro atoms. The van der Waals surface area contributed by atoms with Gasteiger partial charge in [-0.15, -0.1) is 0 Å². The summed E-state index contributed by atoms with van der Waals surface area (Å²) in [4.78, 5) is 19.2. The predicted octanol–water partition coefficient (Wildman–Crippen LogP) is 3.83. The number of nitrogens with zero attached hydrogens (tertiary/aromatic N) is 4. The van der Waals surface area contributed by atoms with Crippen LogP contribution in [0.25, 0.3) is 11.0 Å². The van der Waals surface area contributed by atoms with Gasteiger partial charge in [0, 0.05) is 18.5 Å². The van der Waals surface area contributed by atoms with Crippen molar-refractivity contribution >= 4 is 17.1 Å². The van der Waals surface area contributed by atoms with E-state index in [0.29, 0.717) is 38.2 Å². The van der Waals surface area contributed by atoms with Crippen molar-refractivity contribution in [1.82, 2.24) is 14.5 Å². The van der Waals surface area contributed by atoms with Gasteiger partial charge in [-0.25, -0.2) is 9.78 Å². The second-order valence-corrected chi connectivity index (χ2v) is 9.68. The summed E-state index contributed by atoms with van der Waals surface area (Å²) in [5.41, 5.74) is 9.01. The predicted molar refractivity (Wildman–Crippen MR) is 127 cm³/mol. The monoisotopic (exact) mass is 459 g/mol. The maximum atomic E-state index is 12.9. The third-order valence-corrected chi connectivity index (χ3v) is 7.27. The van der Waals surface area contributed by atoms with E-state index in [4.69, 9.17) is 15.2 Å². The number of hydrogen-bond acceptors (Lipinski definition) is 6. The summed E-state index contributed by atoms with van der Waals surface area (Å²) in [7, 11) is 1.64. The summed E-state index contributed by atoms with van der Waals surface area (Å²) >= 11 is 0. The molecule has 2 unspecified atom stereocenters. The topological polar surface area (TPSA) is 106 Å². The van der Waals surface area contributed by atoms with E-state index in [1.807, 2.05) is 42.7 Å². The highest BCUT2D eigenvalue weighted by atomic mass is 16.6. The molecule has 5 rings (SSSR count). The molecular formula is C26H29N5O3. The second kappa shape index (κ2) is 8.65. The molecule has 8 heteroatoms. The molecular weight excluding hydrogens is 430 g/mol. The molecule has 2 aromatic carbocycles. The molecule has 2 atom stereocenters. The minimum atomic E-state index is -0.540. The van der Waals surface area contributed by atoms with Crippen LogP contribution in [0, 0.1) is 16.7 Å². The lowest BCUT2D eigenvalue weighted by molar-refractivity contribution is -0.0305. The Morgan fingerprint density at radius 1 is 1.26 bits per heavy atom. The van der Waals surface area contributed by atoms with Gasteiger partial charge in [-0.1, -0.05) is 12.1 Å². The fourth-order valence-corrected chi connectivity index (χ4v) is 5.66. The SMILES string of the molecule is COc1cccc(CN2CC3(CCCC(CN)(Cn4cnc5ccc(C#N)cc54)C3)OC2=O)c1. The number of nitrogens with two attached hydrogens (primary N) is 1. The van der Waals surface area contributed by atoms with E-state index >= 15 is 0 Å². The van der Waals surface area contributed by atoms with E-state index in [1.54, 1.807) is 18.1 Å². The van der Waals surface area contributed by atoms with E-state index in [9.17, 15) is 10.1 Å². The first-order valence-corrected chi connectivity index (χ1v) is 11.6. The number of benzene rings is 2. The van der Waals surface area contributed by atoms with E-state index in [-0.39, 0.29) is 11.5 Å². The molecule has 2 aliphatic rings. The molecule has 8 nitrogen and oxygen atoms in total. The number of carbonyl (C=O) groups is 1. The minimum absolute atomic E-state index is 0.221. The van der Waals surface area contributed by atoms with Crippen LogP contribution in [-0.4, -0.2) is 46.3 Å². The Hall–Kier alpha value is -3.57. The van der Waals surface area contributed by atoms with E-state index in [1.165, 1.54) is 0 Å². The lowest BCUT2D eigenvalue weighted by Gasteiger charge is -2.44. The van der Waals surface area contributed by atoms with Crippen molar-refractivity contribution in [3.05, 3.63) is 59.9 Å². The zero-order valence-electron chi connectivity index (χ0n) is 19.4. The van der Waals surface area contributed by atoms with Gasteiger partial charge in [-0.2, -0.15) is 5.26 Å². The number of carbonyl (C=O) groups excluding carboxylic acids is 1. The molecule has 1 aliphatic carbocycles. The molecule has 0 radical (unpaired) electrons. The number of nitriles is 1. The smallest absolute Gasteiger partial charge is 0.410 e. The van der Waals surface area contributed by atoms with Gasteiger partial charge in [-0.3, -0.25) is 4.90 Å². The van der Waals surface area contributed by atoms with Crippen LogP contribution in [0.3, 0.4) is 0 Å². The van der Waals surface area contributed by atoms with Crippen LogP contribution in [0.15, 0.2) is 48.8 Å². The first-order valence-electron chi connectivity index (χ1n) is 11.6. The van der Waals surface area contributed by atoms with Crippen molar-refractivity contribution in [3.8, 4) is 11.8 Å². The molecule has 0 bridgehead atoms. The third kappa shape index (κ3) is 4.08. The first kappa shape index (κ1) is 22.2. The van der Waals surface area contributed by atoms with Gasteiger partial charge in [0.15, 0.2) is 0 Å². The van der Waals surface area contributed by atoms with Gasteiger partial charge in [-0.05, 0) is 68.1 Å². The van der Waals surface area contributed by atoms with Crippen molar-refractivity contribution in [1.29, 1.82) is 5.26 Å². The van der Waals surface area contributed by atoms with Crippen LogP contribution in [0.5, 0.6) is 5.75 Å². The van der Waals surface area contributed by atoms with Crippen molar-refractivity contribution in [2.45, 2.75) is 44.4 Å². The second-order valence-electron chi connectivity index (χ2n) is 9.68. The van der Waals surface area contributed by atoms with Crippen molar-refractivity contribution in [3.63, 3.8) is 0 Å². The Balaban J connectivity index is 1.36. The van der Waals surface area contributed by atoms with Crippen LogP contribution in [-0.2, 0) is 17.8 Å². The Kier molecular flexibility index (Phi) is 5.66. The summed E-state index contributed by atoms with van der Waals surface area (Å²) in [6, 6.07) is 15.5. The highest BCUT2D eigenvalue weighted by Crippen LogP contribution is 2.47. The molecule has 34 heavy (non-hydrogen) atoms. The summed E-state index contributed by atoms with van der Waals surface area (Å²) in [5.74, 6) is 0.770. The van der Waals surface area contributed by atoms with Gasteiger partial charge in [0.05, 0.1) is 42.6 Å². The van der Waals surface area contributed by atoms with Crippen LogP contribution >= 0.6 is 0 Å². The number of ether oxygens (including phenoxy) is 2. The fraction of sp³-hybridized carbons (Fsp3) is 0.423. The molecule has 1 saturated heterocycles. The van der Waals surface area contributed by atoms with E-state index in [2.05, 4.69) is 15.6 Å². The third-order valence-electron chi connectivity index (χ3n) is 7.27. The quantitative estimate of drug-likeness (QED) is 0.600. The summed E-state index contributed by atoms with van der Waals surface area (Å²) < 4.78 is 13.5. The molecule has 2 heterocycles. The first-order chi connectivity index (χ1) is 16.5. The maximum Gasteiger partial charge on any atom is 0.410 e. The van der Waals surface area contributed by atoms with Crippen molar-refractivity contribution in [2.75, 3.05) is 20.2 Å². The number of amides is 1. The lowest BCUT2D eigenvalue weighted by atomic mass is 9.67. The molecule has 3 aromatic rings. The number of fused-ring (bicyclic) bond motifs is 1. The largest absolute Gasteiger partial charge is 0.497 e. The van der Waals surface area contributed by atoms with Gasteiger partial charge < -0.3 is 19.8 Å². The van der Waals surface area contributed by atoms with E-state index < -0.39 is 5.60 Å². The standard InChI is InChI=1S/C26H29N5O3/c1-33-21-5-2-4-20(10-21)13-30-17-26(34-24(30)32)9-3-8-25(14-26,15-28)16-31-18-29-22-7-6-19(12-27)11-23(22)31/h2,4-7,10-11,18H,3,8-9,13-17,28H2,1H3. The van der Waals surface area contributed by atoms with E-state index in [0.717, 1.165) is 41.6 Å². The van der Waals surface area contributed by atoms with Gasteiger partial charge in [0.2, 0.25) is 0 Å². The van der Waals surface area contributed by atoms with Gasteiger partial charge in [0.1, 0.15) is 11.4 Å². The molecule has 1 amide bonds. The average molecular weight is 460 g/mol. The summed E-state index contributed by atoms with van der Waals surface area (Å²) in [5, 5.41) is 9.31. The molecule has 2 N–H and O–H groups in total. The number of imidazole rings is 1. The van der Waals surface area contributed by atoms with Crippen LogP contribution in [0.4, 0.5) is 4.79 Å². The fourth-order valence-electron chi connectivity index (χ4n) is 5.66. The minimum Gasteiger partial charge on any atom is -0.497 e. The zero-order valence-corrected chi connectivity index (χ0v) is 19.4. The highest BCUT2D eigenvalue weighted by Gasteiger charge is 2.52. The van der Waals surface area contributed by atoms with Crippen LogP contribution in [0.2, 0.25) is 0 Å². The Morgan fingerprint density at radius 3 is 2.94 bits per heavy atom. The van der Waals surface area contributed by atoms with Gasteiger partial charge >= 0.3 is 6.09 Å². The zero-order chi connectivity index (χ0) is 23.8. The van der Waals surface area contributed by atoms with Crippen molar-refractivity contribution in [2.24, 2.45) is 11.1 Å². The summed E-state index contributed by atoms with van der Waals surface area (Å²) in [6.45, 7) is 2.19. The van der Waals surface area contributed by atoms with Crippen LogP contribution < -0.4 is 10.5 Å². The molecule has 2 fully saturated rings. The molecule has 1 saturated carbocycles. The molecule has 1 aromatic heterocycles. The molecule has 1 aliphatic heterocycles. The highest BCUT2D eigenvalue weighted by molar-refractivity contribution is 5.77. The van der Waals surface area contributed by atoms with Gasteiger partial charge in [0.25, 0.3) is 0 Å². The Labute approximate surface area is 198 Å². The number of rotatable bonds is 6. The Bertz CT molecular complexity index is 1260. The number of hydrogen-bond donors (Lipinski definition) is 1. The summed E-state index contributed by atoms with van der Waals surface area (Å²) in [6.07, 6.45) is 4.97. The Morgan fingerprint density at radius 2 is 2.15 bits per heavy atom. The van der Waals surface area contributed by atoms with Crippen molar-refractivity contribution < 1.29 is 14.3 Å².